The molecule has 0 aliphatic carbocycles. The Morgan fingerprint density at radius 1 is 1.12 bits per heavy atom. The van der Waals surface area contributed by atoms with E-state index in [0.717, 1.165) is 42.2 Å². The Kier molecular flexibility index (Phi) is 3.45. The van der Waals surface area contributed by atoms with Gasteiger partial charge in [0, 0.05) is 43.9 Å². The third kappa shape index (κ3) is 2.36. The summed E-state index contributed by atoms with van der Waals surface area (Å²) in [6.45, 7) is 4.04. The van der Waals surface area contributed by atoms with Gasteiger partial charge in [-0.2, -0.15) is 9.61 Å². The number of anilines is 1. The van der Waals surface area contributed by atoms with Gasteiger partial charge in [0.15, 0.2) is 5.65 Å². The highest BCUT2D eigenvalue weighted by Gasteiger charge is 2.27. The second kappa shape index (κ2) is 5.83. The summed E-state index contributed by atoms with van der Waals surface area (Å²) >= 11 is 0. The molecule has 0 unspecified atom stereocenters. The Morgan fingerprint density at radius 3 is 2.88 bits per heavy atom. The molecular weight excluding hydrogens is 324 g/mol. The Balaban J connectivity index is 1.53. The van der Waals surface area contributed by atoms with Gasteiger partial charge in [-0.05, 0) is 31.9 Å². The highest BCUT2D eigenvalue weighted by atomic mass is 15.3. The molecule has 1 saturated heterocycles. The van der Waals surface area contributed by atoms with Crippen molar-refractivity contribution in [3.05, 3.63) is 54.1 Å². The van der Waals surface area contributed by atoms with Gasteiger partial charge in [0.2, 0.25) is 0 Å². The molecule has 26 heavy (non-hydrogen) atoms. The molecule has 132 valence electrons. The molecule has 1 aliphatic rings. The van der Waals surface area contributed by atoms with E-state index in [-0.39, 0.29) is 0 Å². The number of hydrogen-bond acceptors (Lipinski definition) is 4. The zero-order valence-corrected chi connectivity index (χ0v) is 15.1. The third-order valence-electron chi connectivity index (χ3n) is 5.40. The summed E-state index contributed by atoms with van der Waals surface area (Å²) < 4.78 is 4.20. The van der Waals surface area contributed by atoms with Gasteiger partial charge in [0.1, 0.15) is 11.6 Å². The van der Waals surface area contributed by atoms with Crippen molar-refractivity contribution in [1.82, 2.24) is 24.1 Å². The standard InChI is InChI=1S/C20H22N6/c1-14-12-19(26-18(22-14)9-10-21-26)25-11-5-6-15(13-25)20-23-16-7-3-4-8-17(16)24(20)2/h3-4,7-10,12,15H,5-6,11,13H2,1-2H3/t15-/m0/s1. The van der Waals surface area contributed by atoms with Crippen LogP contribution in [0.25, 0.3) is 16.7 Å². The highest BCUT2D eigenvalue weighted by Crippen LogP contribution is 2.31. The van der Waals surface area contributed by atoms with Gasteiger partial charge in [-0.3, -0.25) is 0 Å². The van der Waals surface area contributed by atoms with E-state index < -0.39 is 0 Å². The van der Waals surface area contributed by atoms with Crippen LogP contribution in [-0.2, 0) is 7.05 Å². The lowest BCUT2D eigenvalue weighted by Gasteiger charge is -2.34. The van der Waals surface area contributed by atoms with Gasteiger partial charge in [0.25, 0.3) is 0 Å². The van der Waals surface area contributed by atoms with Gasteiger partial charge in [-0.15, -0.1) is 0 Å². The van der Waals surface area contributed by atoms with Gasteiger partial charge in [-0.25, -0.2) is 9.97 Å². The first kappa shape index (κ1) is 15.4. The first-order valence-corrected chi connectivity index (χ1v) is 9.18. The van der Waals surface area contributed by atoms with E-state index in [0.29, 0.717) is 5.92 Å². The minimum absolute atomic E-state index is 0.417. The second-order valence-electron chi connectivity index (χ2n) is 7.16. The predicted octanol–water partition coefficient (Wildman–Crippen LogP) is 3.31. The fraction of sp³-hybridized carbons (Fsp3) is 0.350. The topological polar surface area (TPSA) is 51.2 Å². The summed E-state index contributed by atoms with van der Waals surface area (Å²) in [5.41, 5.74) is 4.22. The summed E-state index contributed by atoms with van der Waals surface area (Å²) in [6, 6.07) is 12.5. The zero-order valence-electron chi connectivity index (χ0n) is 15.1. The molecule has 6 nitrogen and oxygen atoms in total. The second-order valence-corrected chi connectivity index (χ2v) is 7.16. The number of aryl methyl sites for hydroxylation is 2. The van der Waals surface area contributed by atoms with Crippen molar-refractivity contribution in [3.63, 3.8) is 0 Å². The number of rotatable bonds is 2. The number of aromatic nitrogens is 5. The number of para-hydroxylation sites is 2. The minimum atomic E-state index is 0.417. The largest absolute Gasteiger partial charge is 0.356 e. The summed E-state index contributed by atoms with van der Waals surface area (Å²) in [7, 11) is 2.13. The predicted molar refractivity (Wildman–Crippen MR) is 103 cm³/mol. The highest BCUT2D eigenvalue weighted by molar-refractivity contribution is 5.76. The van der Waals surface area contributed by atoms with Crippen LogP contribution < -0.4 is 4.90 Å². The zero-order chi connectivity index (χ0) is 17.7. The Morgan fingerprint density at radius 2 is 2.00 bits per heavy atom. The third-order valence-corrected chi connectivity index (χ3v) is 5.40. The van der Waals surface area contributed by atoms with E-state index in [1.165, 1.54) is 17.8 Å². The van der Waals surface area contributed by atoms with Gasteiger partial charge in [0.05, 0.1) is 17.2 Å². The maximum absolute atomic E-state index is 4.94. The molecule has 0 saturated carbocycles. The van der Waals surface area contributed by atoms with Crippen molar-refractivity contribution in [3.8, 4) is 0 Å². The molecule has 0 amide bonds. The van der Waals surface area contributed by atoms with E-state index >= 15 is 0 Å². The van der Waals surface area contributed by atoms with Crippen LogP contribution in [0.15, 0.2) is 42.6 Å². The average Bonchev–Trinajstić information content (AvgIpc) is 3.26. The van der Waals surface area contributed by atoms with Gasteiger partial charge >= 0.3 is 0 Å². The molecular formula is C20H22N6. The molecule has 4 heterocycles. The lowest BCUT2D eigenvalue weighted by molar-refractivity contribution is 0.478. The maximum Gasteiger partial charge on any atom is 0.157 e. The summed E-state index contributed by atoms with van der Waals surface area (Å²) in [4.78, 5) is 11.9. The number of nitrogens with zero attached hydrogens (tertiary/aromatic N) is 6. The van der Waals surface area contributed by atoms with Crippen molar-refractivity contribution < 1.29 is 0 Å². The fourth-order valence-electron chi connectivity index (χ4n) is 4.17. The molecule has 0 radical (unpaired) electrons. The van der Waals surface area contributed by atoms with Crippen LogP contribution in [0, 0.1) is 6.92 Å². The molecule has 1 aromatic carbocycles. The van der Waals surface area contributed by atoms with E-state index in [2.05, 4.69) is 56.9 Å². The quantitative estimate of drug-likeness (QED) is 0.559. The molecule has 0 N–H and O–H groups in total. The van der Waals surface area contributed by atoms with Gasteiger partial charge in [-0.1, -0.05) is 12.1 Å². The van der Waals surface area contributed by atoms with E-state index in [4.69, 9.17) is 4.98 Å². The van der Waals surface area contributed by atoms with E-state index in [1.807, 2.05) is 23.7 Å². The molecule has 4 aromatic rings. The number of imidazole rings is 1. The summed E-state index contributed by atoms with van der Waals surface area (Å²) in [5, 5.41) is 4.48. The van der Waals surface area contributed by atoms with Crippen molar-refractivity contribution in [2.75, 3.05) is 18.0 Å². The molecule has 1 atom stereocenters. The Labute approximate surface area is 152 Å². The molecule has 1 aliphatic heterocycles. The molecule has 5 rings (SSSR count). The normalized spacial score (nSPS) is 18.1. The number of hydrogen-bond donors (Lipinski definition) is 0. The Hall–Kier alpha value is -2.89. The smallest absolute Gasteiger partial charge is 0.157 e. The van der Waals surface area contributed by atoms with Crippen molar-refractivity contribution in [2.24, 2.45) is 7.05 Å². The van der Waals surface area contributed by atoms with Crippen LogP contribution in [-0.4, -0.2) is 37.2 Å². The summed E-state index contributed by atoms with van der Waals surface area (Å²) in [6.07, 6.45) is 4.14. The number of piperidine rings is 1. The fourth-order valence-corrected chi connectivity index (χ4v) is 4.17. The summed E-state index contributed by atoms with van der Waals surface area (Å²) in [5.74, 6) is 2.72. The number of benzene rings is 1. The Bertz CT molecular complexity index is 1090. The maximum atomic E-state index is 4.94. The molecule has 3 aromatic heterocycles. The van der Waals surface area contributed by atoms with Crippen LogP contribution in [0.1, 0.15) is 30.3 Å². The average molecular weight is 346 g/mol. The molecule has 0 bridgehead atoms. The molecule has 1 fully saturated rings. The lowest BCUT2D eigenvalue weighted by atomic mass is 9.97. The van der Waals surface area contributed by atoms with Crippen LogP contribution in [0.2, 0.25) is 0 Å². The van der Waals surface area contributed by atoms with E-state index in [1.54, 1.807) is 0 Å². The van der Waals surface area contributed by atoms with Gasteiger partial charge < -0.3 is 9.47 Å². The van der Waals surface area contributed by atoms with Crippen LogP contribution >= 0.6 is 0 Å². The minimum Gasteiger partial charge on any atom is -0.356 e. The lowest BCUT2D eigenvalue weighted by Crippen LogP contribution is -2.36. The van der Waals surface area contributed by atoms with Crippen LogP contribution in [0.3, 0.4) is 0 Å². The van der Waals surface area contributed by atoms with Crippen LogP contribution in [0.5, 0.6) is 0 Å². The van der Waals surface area contributed by atoms with Crippen molar-refractivity contribution >= 4 is 22.5 Å². The van der Waals surface area contributed by atoms with Crippen LogP contribution in [0.4, 0.5) is 5.82 Å². The molecule has 0 spiro atoms. The van der Waals surface area contributed by atoms with Crippen molar-refractivity contribution in [1.29, 1.82) is 0 Å². The first-order valence-electron chi connectivity index (χ1n) is 9.18. The van der Waals surface area contributed by atoms with Crippen molar-refractivity contribution in [2.45, 2.75) is 25.7 Å². The molecule has 6 heteroatoms. The SMILES string of the molecule is Cc1cc(N2CCC[C@H](c3nc4ccccc4n3C)C2)n2nccc2n1. The van der Waals surface area contributed by atoms with E-state index in [9.17, 15) is 0 Å². The monoisotopic (exact) mass is 346 g/mol. The first-order chi connectivity index (χ1) is 12.7. The number of fused-ring (bicyclic) bond motifs is 2.